The molecular weight excluding hydrogens is 266 g/mol. The molecule has 0 N–H and O–H groups in total. The first-order valence-corrected chi connectivity index (χ1v) is 7.00. The molecule has 0 aromatic carbocycles. The Kier molecular flexibility index (Phi) is 5.36. The second-order valence-electron chi connectivity index (χ2n) is 4.62. The molecular formula is C13H20ClN3O2. The maximum Gasteiger partial charge on any atom is 0.158 e. The number of halogens is 1. The fourth-order valence-electron chi connectivity index (χ4n) is 2.09. The van der Waals surface area contributed by atoms with Crippen LogP contribution in [0.25, 0.3) is 0 Å². The van der Waals surface area contributed by atoms with Crippen LogP contribution in [0.5, 0.6) is 0 Å². The molecule has 1 aromatic heterocycles. The first kappa shape index (κ1) is 14.5. The number of nitrogens with zero attached hydrogens (tertiary/aromatic N) is 3. The summed E-state index contributed by atoms with van der Waals surface area (Å²) in [6.45, 7) is 4.64. The highest BCUT2D eigenvalue weighted by Gasteiger charge is 2.18. The fraction of sp³-hybridized carbons (Fsp3) is 0.692. The van der Waals surface area contributed by atoms with E-state index in [1.165, 1.54) is 0 Å². The van der Waals surface area contributed by atoms with Crippen molar-refractivity contribution in [1.29, 1.82) is 0 Å². The highest BCUT2D eigenvalue weighted by Crippen LogP contribution is 2.19. The molecule has 1 unspecified atom stereocenters. The zero-order valence-corrected chi connectivity index (χ0v) is 12.2. The molecule has 106 valence electrons. The minimum Gasteiger partial charge on any atom is -0.376 e. The van der Waals surface area contributed by atoms with Crippen molar-refractivity contribution in [3.05, 3.63) is 17.0 Å². The molecule has 1 saturated heterocycles. The zero-order chi connectivity index (χ0) is 13.7. The molecule has 0 aliphatic carbocycles. The average Bonchev–Trinajstić information content (AvgIpc) is 2.88. The summed E-state index contributed by atoms with van der Waals surface area (Å²) in [6.07, 6.45) is 2.53. The van der Waals surface area contributed by atoms with Crippen LogP contribution in [-0.4, -0.2) is 42.9 Å². The van der Waals surface area contributed by atoms with Crippen molar-refractivity contribution >= 4 is 17.4 Å². The lowest BCUT2D eigenvalue weighted by Gasteiger charge is -2.22. The van der Waals surface area contributed by atoms with Crippen molar-refractivity contribution in [1.82, 2.24) is 9.97 Å². The van der Waals surface area contributed by atoms with Gasteiger partial charge in [-0.1, -0.05) is 11.6 Å². The van der Waals surface area contributed by atoms with Gasteiger partial charge in [0.25, 0.3) is 0 Å². The molecule has 6 heteroatoms. The third-order valence-corrected chi connectivity index (χ3v) is 3.25. The molecule has 0 bridgehead atoms. The molecule has 0 amide bonds. The van der Waals surface area contributed by atoms with E-state index in [2.05, 4.69) is 14.9 Å². The van der Waals surface area contributed by atoms with E-state index in [0.717, 1.165) is 31.8 Å². The van der Waals surface area contributed by atoms with E-state index in [1.807, 2.05) is 14.0 Å². The molecule has 5 nitrogen and oxygen atoms in total. The lowest BCUT2D eigenvalue weighted by Crippen LogP contribution is -2.29. The van der Waals surface area contributed by atoms with Crippen LogP contribution >= 0.6 is 11.6 Å². The molecule has 1 aromatic rings. The Labute approximate surface area is 118 Å². The lowest BCUT2D eigenvalue weighted by atomic mass is 10.2. The van der Waals surface area contributed by atoms with Gasteiger partial charge in [-0.3, -0.25) is 0 Å². The van der Waals surface area contributed by atoms with Gasteiger partial charge >= 0.3 is 0 Å². The summed E-state index contributed by atoms with van der Waals surface area (Å²) in [6, 6.07) is 1.77. The van der Waals surface area contributed by atoms with Crippen LogP contribution in [-0.2, 0) is 16.1 Å². The maximum atomic E-state index is 6.03. The quantitative estimate of drug-likeness (QED) is 0.751. The molecule has 2 rings (SSSR count). The zero-order valence-electron chi connectivity index (χ0n) is 11.4. The van der Waals surface area contributed by atoms with Crippen LogP contribution in [0.3, 0.4) is 0 Å². The van der Waals surface area contributed by atoms with Crippen LogP contribution in [0.15, 0.2) is 6.07 Å². The Hall–Kier alpha value is -0.910. The monoisotopic (exact) mass is 285 g/mol. The third-order valence-electron chi connectivity index (χ3n) is 3.06. The molecule has 0 saturated carbocycles. The Bertz CT molecular complexity index is 411. The summed E-state index contributed by atoms with van der Waals surface area (Å²) in [5.41, 5.74) is 0. The van der Waals surface area contributed by atoms with E-state index in [0.29, 0.717) is 24.2 Å². The smallest absolute Gasteiger partial charge is 0.158 e. The number of aromatic nitrogens is 2. The van der Waals surface area contributed by atoms with Gasteiger partial charge in [0.1, 0.15) is 17.6 Å². The summed E-state index contributed by atoms with van der Waals surface area (Å²) in [5, 5.41) is 0.443. The van der Waals surface area contributed by atoms with E-state index < -0.39 is 0 Å². The minimum atomic E-state index is 0.286. The van der Waals surface area contributed by atoms with Crippen LogP contribution in [0.4, 0.5) is 5.82 Å². The minimum absolute atomic E-state index is 0.286. The largest absolute Gasteiger partial charge is 0.376 e. The number of hydrogen-bond donors (Lipinski definition) is 0. The van der Waals surface area contributed by atoms with E-state index in [9.17, 15) is 0 Å². The second kappa shape index (κ2) is 7.03. The van der Waals surface area contributed by atoms with Crippen LogP contribution in [0.2, 0.25) is 5.15 Å². The van der Waals surface area contributed by atoms with Crippen LogP contribution < -0.4 is 4.90 Å². The predicted molar refractivity (Wildman–Crippen MR) is 74.6 cm³/mol. The summed E-state index contributed by atoms with van der Waals surface area (Å²) < 4.78 is 10.9. The van der Waals surface area contributed by atoms with Crippen molar-refractivity contribution in [3.8, 4) is 0 Å². The van der Waals surface area contributed by atoms with Crippen molar-refractivity contribution in [2.45, 2.75) is 32.5 Å². The molecule has 1 atom stereocenters. The topological polar surface area (TPSA) is 47.5 Å². The summed E-state index contributed by atoms with van der Waals surface area (Å²) in [4.78, 5) is 10.7. The molecule has 0 radical (unpaired) electrons. The average molecular weight is 286 g/mol. The normalized spacial score (nSPS) is 18.8. The van der Waals surface area contributed by atoms with Crippen molar-refractivity contribution < 1.29 is 9.47 Å². The Morgan fingerprint density at radius 1 is 1.53 bits per heavy atom. The molecule has 1 fully saturated rings. The second-order valence-corrected chi connectivity index (χ2v) is 5.01. The van der Waals surface area contributed by atoms with Crippen LogP contribution in [0.1, 0.15) is 25.6 Å². The van der Waals surface area contributed by atoms with E-state index in [1.54, 1.807) is 6.07 Å². The first-order chi connectivity index (χ1) is 9.19. The first-order valence-electron chi connectivity index (χ1n) is 6.63. The molecule has 2 heterocycles. The number of ether oxygens (including phenoxy) is 2. The van der Waals surface area contributed by atoms with Gasteiger partial charge in [-0.15, -0.1) is 0 Å². The van der Waals surface area contributed by atoms with Crippen LogP contribution in [0, 0.1) is 0 Å². The summed E-state index contributed by atoms with van der Waals surface area (Å²) in [5.74, 6) is 1.42. The Balaban J connectivity index is 2.02. The molecule has 1 aliphatic rings. The third kappa shape index (κ3) is 4.30. The number of anilines is 1. The number of likely N-dealkylation sites (N-methyl/N-ethyl adjacent to an activating group) is 1. The van der Waals surface area contributed by atoms with Gasteiger partial charge in [-0.05, 0) is 19.8 Å². The molecule has 0 spiro atoms. The SMILES string of the molecule is CCOCc1nc(Cl)cc(N(C)CC2CCCO2)n1. The highest BCUT2D eigenvalue weighted by atomic mass is 35.5. The summed E-state index contributed by atoms with van der Waals surface area (Å²) in [7, 11) is 1.99. The maximum absolute atomic E-state index is 6.03. The van der Waals surface area contributed by atoms with Gasteiger partial charge in [0.05, 0.1) is 6.10 Å². The summed E-state index contributed by atoms with van der Waals surface area (Å²) >= 11 is 6.03. The number of rotatable bonds is 6. The van der Waals surface area contributed by atoms with Gasteiger partial charge in [-0.2, -0.15) is 0 Å². The molecule has 1 aliphatic heterocycles. The molecule has 19 heavy (non-hydrogen) atoms. The Morgan fingerprint density at radius 3 is 3.05 bits per heavy atom. The van der Waals surface area contributed by atoms with Gasteiger partial charge in [0.2, 0.25) is 0 Å². The predicted octanol–water partition coefficient (Wildman–Crippen LogP) is 2.28. The Morgan fingerprint density at radius 2 is 2.37 bits per heavy atom. The van der Waals surface area contributed by atoms with Crippen molar-refractivity contribution in [3.63, 3.8) is 0 Å². The van der Waals surface area contributed by atoms with Crippen molar-refractivity contribution in [2.24, 2.45) is 0 Å². The standard InChI is InChI=1S/C13H20ClN3O2/c1-3-18-9-12-15-11(14)7-13(16-12)17(2)8-10-5-4-6-19-10/h7,10H,3-6,8-9H2,1-2H3. The van der Waals surface area contributed by atoms with E-state index >= 15 is 0 Å². The van der Waals surface area contributed by atoms with E-state index in [-0.39, 0.29) is 6.10 Å². The van der Waals surface area contributed by atoms with Gasteiger partial charge < -0.3 is 14.4 Å². The fourth-order valence-corrected chi connectivity index (χ4v) is 2.29. The van der Waals surface area contributed by atoms with Gasteiger partial charge in [-0.25, -0.2) is 9.97 Å². The van der Waals surface area contributed by atoms with Crippen molar-refractivity contribution in [2.75, 3.05) is 31.7 Å². The van der Waals surface area contributed by atoms with Gasteiger partial charge in [0.15, 0.2) is 5.82 Å². The van der Waals surface area contributed by atoms with Gasteiger partial charge in [0, 0.05) is 32.9 Å². The lowest BCUT2D eigenvalue weighted by molar-refractivity contribution is 0.116. The highest BCUT2D eigenvalue weighted by molar-refractivity contribution is 6.29. The number of hydrogen-bond acceptors (Lipinski definition) is 5. The van der Waals surface area contributed by atoms with E-state index in [4.69, 9.17) is 21.1 Å².